The maximum atomic E-state index is 12.4. The Morgan fingerprint density at radius 3 is 2.72 bits per heavy atom. The van der Waals surface area contributed by atoms with E-state index in [9.17, 15) is 14.4 Å². The van der Waals surface area contributed by atoms with E-state index in [0.717, 1.165) is 0 Å². The zero-order valence-electron chi connectivity index (χ0n) is 15.1. The number of carbonyl (C=O) groups is 3. The van der Waals surface area contributed by atoms with Gasteiger partial charge in [-0.3, -0.25) is 14.6 Å². The number of Topliss-reactive ketones (excluding diaryl/α,β-unsaturated/α-hetero) is 2. The molecule has 0 bridgehead atoms. The fourth-order valence-electron chi connectivity index (χ4n) is 2.32. The number of amides is 1. The molecule has 1 amide bonds. The van der Waals surface area contributed by atoms with Gasteiger partial charge in [0.15, 0.2) is 5.78 Å². The van der Waals surface area contributed by atoms with Crippen molar-refractivity contribution in [2.45, 2.75) is 59.0 Å². The summed E-state index contributed by atoms with van der Waals surface area (Å²) in [6.07, 6.45) is -0.0202. The monoisotopic (exact) mass is 365 g/mol. The molecule has 0 saturated heterocycles. The molecule has 1 aliphatic carbocycles. The van der Waals surface area contributed by atoms with Gasteiger partial charge in [0.1, 0.15) is 10.6 Å². The number of thiazole rings is 1. The lowest BCUT2D eigenvalue weighted by atomic mass is 9.97. The average Bonchev–Trinajstić information content (AvgIpc) is 2.85. The van der Waals surface area contributed by atoms with Crippen molar-refractivity contribution in [2.75, 3.05) is 6.61 Å². The van der Waals surface area contributed by atoms with Crippen LogP contribution in [0.1, 0.15) is 65.7 Å². The van der Waals surface area contributed by atoms with E-state index in [1.165, 1.54) is 11.3 Å². The molecular weight excluding hydrogens is 342 g/mol. The molecule has 1 heterocycles. The van der Waals surface area contributed by atoms with Crippen molar-refractivity contribution in [3.05, 3.63) is 15.6 Å². The van der Waals surface area contributed by atoms with Crippen molar-refractivity contribution in [2.24, 2.45) is 4.99 Å². The maximum absolute atomic E-state index is 12.4. The Hall–Kier alpha value is -2.09. The molecule has 8 heteroatoms. The molecule has 25 heavy (non-hydrogen) atoms. The number of aliphatic imine (C=N–C) groups is 1. The van der Waals surface area contributed by atoms with Crippen LogP contribution in [0.2, 0.25) is 0 Å². The number of rotatable bonds is 4. The van der Waals surface area contributed by atoms with Gasteiger partial charge < -0.3 is 10.1 Å². The van der Waals surface area contributed by atoms with E-state index in [-0.39, 0.29) is 47.6 Å². The molecule has 2 rings (SSSR count). The molecule has 7 nitrogen and oxygen atoms in total. The Labute approximate surface area is 150 Å². The molecule has 1 unspecified atom stereocenters. The van der Waals surface area contributed by atoms with Crippen molar-refractivity contribution < 1.29 is 19.1 Å². The molecule has 1 aromatic rings. The van der Waals surface area contributed by atoms with Crippen LogP contribution in [0.25, 0.3) is 0 Å². The number of nitrogens with one attached hydrogen (secondary N) is 1. The highest BCUT2D eigenvalue weighted by Crippen LogP contribution is 2.25. The maximum Gasteiger partial charge on any atom is 0.407 e. The van der Waals surface area contributed by atoms with Crippen LogP contribution in [-0.2, 0) is 4.74 Å². The lowest BCUT2D eigenvalue weighted by Crippen LogP contribution is -2.41. The standard InChI is InChI=1S/C17H23N3O4S/c1-9(6-7-24-16(23)20-17(3,4)5)18-11-8-12(21)15-13(14(11)22)19-10(2)25-15/h9H,6-8H2,1-5H3,(H,20,23). The van der Waals surface area contributed by atoms with Crippen LogP contribution >= 0.6 is 11.3 Å². The molecular formula is C17H23N3O4S. The first-order valence-corrected chi connectivity index (χ1v) is 8.95. The second kappa shape index (κ2) is 7.43. The zero-order valence-corrected chi connectivity index (χ0v) is 16.0. The molecule has 0 fully saturated rings. The number of fused-ring (bicyclic) bond motifs is 1. The van der Waals surface area contributed by atoms with Gasteiger partial charge in [-0.05, 0) is 34.6 Å². The molecule has 0 aliphatic heterocycles. The summed E-state index contributed by atoms with van der Waals surface area (Å²) in [5, 5.41) is 3.39. The van der Waals surface area contributed by atoms with Crippen molar-refractivity contribution >= 4 is 34.7 Å². The third-order valence-corrected chi connectivity index (χ3v) is 4.43. The van der Waals surface area contributed by atoms with Crippen molar-refractivity contribution in [3.63, 3.8) is 0 Å². The van der Waals surface area contributed by atoms with Crippen LogP contribution in [0.3, 0.4) is 0 Å². The largest absolute Gasteiger partial charge is 0.449 e. The Kier molecular flexibility index (Phi) is 5.72. The van der Waals surface area contributed by atoms with Crippen LogP contribution in [0.15, 0.2) is 4.99 Å². The minimum Gasteiger partial charge on any atom is -0.449 e. The van der Waals surface area contributed by atoms with Crippen LogP contribution in [-0.4, -0.2) is 46.5 Å². The smallest absolute Gasteiger partial charge is 0.407 e. The van der Waals surface area contributed by atoms with E-state index in [2.05, 4.69) is 15.3 Å². The molecule has 1 atom stereocenters. The number of hydrogen-bond acceptors (Lipinski definition) is 7. The molecule has 0 saturated carbocycles. The van der Waals surface area contributed by atoms with Gasteiger partial charge in [0.05, 0.1) is 29.8 Å². The van der Waals surface area contributed by atoms with Gasteiger partial charge in [0.2, 0.25) is 5.78 Å². The van der Waals surface area contributed by atoms with E-state index in [0.29, 0.717) is 16.3 Å². The normalized spacial score (nSPS) is 17.4. The third kappa shape index (κ3) is 5.19. The summed E-state index contributed by atoms with van der Waals surface area (Å²) in [6, 6.07) is -0.240. The van der Waals surface area contributed by atoms with Gasteiger partial charge >= 0.3 is 6.09 Å². The van der Waals surface area contributed by atoms with Gasteiger partial charge in [-0.15, -0.1) is 11.3 Å². The number of aromatic nitrogens is 1. The lowest BCUT2D eigenvalue weighted by molar-refractivity contribution is 0.0966. The number of ether oxygens (including phenoxy) is 1. The first kappa shape index (κ1) is 19.2. The summed E-state index contributed by atoms with van der Waals surface area (Å²) in [5.74, 6) is -0.399. The second-order valence-corrected chi connectivity index (χ2v) is 8.27. The van der Waals surface area contributed by atoms with Gasteiger partial charge in [-0.2, -0.15) is 0 Å². The second-order valence-electron chi connectivity index (χ2n) is 7.06. The molecule has 0 radical (unpaired) electrons. The Morgan fingerprint density at radius 2 is 2.08 bits per heavy atom. The average molecular weight is 365 g/mol. The van der Waals surface area contributed by atoms with E-state index in [4.69, 9.17) is 4.74 Å². The van der Waals surface area contributed by atoms with Gasteiger partial charge in [0, 0.05) is 12.0 Å². The minimum atomic E-state index is -0.487. The molecule has 1 aromatic heterocycles. The fraction of sp³-hybridized carbons (Fsp3) is 0.588. The topological polar surface area (TPSA) is 97.7 Å². The quantitative estimate of drug-likeness (QED) is 0.884. The number of alkyl carbamates (subject to hydrolysis) is 1. The fourth-order valence-corrected chi connectivity index (χ4v) is 3.17. The molecule has 0 spiro atoms. The predicted molar refractivity (Wildman–Crippen MR) is 95.9 cm³/mol. The highest BCUT2D eigenvalue weighted by molar-refractivity contribution is 7.14. The van der Waals surface area contributed by atoms with Crippen LogP contribution in [0, 0.1) is 6.92 Å². The number of hydrogen-bond donors (Lipinski definition) is 1. The van der Waals surface area contributed by atoms with Crippen molar-refractivity contribution in [1.82, 2.24) is 10.3 Å². The Morgan fingerprint density at radius 1 is 1.40 bits per heavy atom. The SMILES string of the molecule is Cc1nc2c(s1)C(=O)CC(=NC(C)CCOC(=O)NC(C)(C)C)C2=O. The molecule has 0 aromatic carbocycles. The number of carbonyl (C=O) groups excluding carboxylic acids is 3. The van der Waals surface area contributed by atoms with Crippen LogP contribution in [0.4, 0.5) is 4.79 Å². The lowest BCUT2D eigenvalue weighted by Gasteiger charge is -2.20. The van der Waals surface area contributed by atoms with Gasteiger partial charge in [-0.25, -0.2) is 9.78 Å². The summed E-state index contributed by atoms with van der Waals surface area (Å²) >= 11 is 1.24. The zero-order chi connectivity index (χ0) is 18.8. The number of aryl methyl sites for hydroxylation is 1. The number of ketones is 2. The summed E-state index contributed by atoms with van der Waals surface area (Å²) in [6.45, 7) is 9.36. The van der Waals surface area contributed by atoms with E-state index < -0.39 is 6.09 Å². The third-order valence-electron chi connectivity index (χ3n) is 3.41. The molecule has 1 aliphatic rings. The molecule has 1 N–H and O–H groups in total. The van der Waals surface area contributed by atoms with E-state index in [1.54, 1.807) is 6.92 Å². The Bertz CT molecular complexity index is 731. The summed E-state index contributed by atoms with van der Waals surface area (Å²) < 4.78 is 5.10. The highest BCUT2D eigenvalue weighted by atomic mass is 32.1. The Balaban J connectivity index is 1.93. The molecule has 136 valence electrons. The summed E-state index contributed by atoms with van der Waals surface area (Å²) in [5.41, 5.74) is 0.0845. The predicted octanol–water partition coefficient (Wildman–Crippen LogP) is 2.96. The summed E-state index contributed by atoms with van der Waals surface area (Å²) in [4.78, 5) is 45.1. The van der Waals surface area contributed by atoms with Crippen molar-refractivity contribution in [3.8, 4) is 0 Å². The van der Waals surface area contributed by atoms with Crippen LogP contribution < -0.4 is 5.32 Å². The van der Waals surface area contributed by atoms with E-state index in [1.807, 2.05) is 27.7 Å². The minimum absolute atomic E-state index is 0.00315. The van der Waals surface area contributed by atoms with Gasteiger partial charge in [-0.1, -0.05) is 0 Å². The van der Waals surface area contributed by atoms with Crippen LogP contribution in [0.5, 0.6) is 0 Å². The number of nitrogens with zero attached hydrogens (tertiary/aromatic N) is 2. The first-order valence-electron chi connectivity index (χ1n) is 8.14. The highest BCUT2D eigenvalue weighted by Gasteiger charge is 2.33. The first-order chi connectivity index (χ1) is 11.6. The van der Waals surface area contributed by atoms with Crippen molar-refractivity contribution in [1.29, 1.82) is 0 Å². The van der Waals surface area contributed by atoms with Gasteiger partial charge in [0.25, 0.3) is 0 Å². The van der Waals surface area contributed by atoms with E-state index >= 15 is 0 Å². The summed E-state index contributed by atoms with van der Waals surface area (Å²) in [7, 11) is 0.